The number of nitrogens with zero attached hydrogens (tertiary/aromatic N) is 5. The summed E-state index contributed by atoms with van der Waals surface area (Å²) in [6.07, 6.45) is 3.12. The van der Waals surface area contributed by atoms with Gasteiger partial charge in [-0.2, -0.15) is 0 Å². The summed E-state index contributed by atoms with van der Waals surface area (Å²) >= 11 is 7.42. The fraction of sp³-hybridized carbons (Fsp3) is 0.217. The zero-order valence-electron chi connectivity index (χ0n) is 17.8. The van der Waals surface area contributed by atoms with E-state index < -0.39 is 0 Å². The number of ether oxygens (including phenoxy) is 1. The van der Waals surface area contributed by atoms with Gasteiger partial charge in [0.25, 0.3) is 0 Å². The Morgan fingerprint density at radius 3 is 2.85 bits per heavy atom. The number of carbonyl (C=O) groups is 1. The lowest BCUT2D eigenvalue weighted by Gasteiger charge is -2.29. The summed E-state index contributed by atoms with van der Waals surface area (Å²) in [5, 5.41) is 5.72. The lowest BCUT2D eigenvalue weighted by atomic mass is 10.1. The van der Waals surface area contributed by atoms with Crippen LogP contribution in [0, 0.1) is 6.92 Å². The number of amides is 1. The highest BCUT2D eigenvalue weighted by molar-refractivity contribution is 7.98. The maximum atomic E-state index is 13.1. The summed E-state index contributed by atoms with van der Waals surface area (Å²) in [6.45, 7) is 2.61. The predicted molar refractivity (Wildman–Crippen MR) is 127 cm³/mol. The molecule has 3 heterocycles. The number of hydrogen-bond donors (Lipinski definition) is 0. The Bertz CT molecular complexity index is 1400. The summed E-state index contributed by atoms with van der Waals surface area (Å²) in [7, 11) is 0. The van der Waals surface area contributed by atoms with Crippen molar-refractivity contribution in [3.8, 4) is 5.75 Å². The van der Waals surface area contributed by atoms with Gasteiger partial charge in [0.2, 0.25) is 5.91 Å². The topological polar surface area (TPSA) is 81.7 Å². The Hall–Kier alpha value is -3.30. The highest BCUT2D eigenvalue weighted by Crippen LogP contribution is 2.32. The predicted octanol–water partition coefficient (Wildman–Crippen LogP) is 3.57. The Balaban J connectivity index is 1.39. The van der Waals surface area contributed by atoms with Crippen molar-refractivity contribution in [2.24, 2.45) is 0 Å². The maximum absolute atomic E-state index is 13.1. The Morgan fingerprint density at radius 2 is 2.03 bits per heavy atom. The average Bonchev–Trinajstić information content (AvgIpc) is 3.14. The van der Waals surface area contributed by atoms with Gasteiger partial charge in [-0.25, -0.2) is 18.9 Å². The van der Waals surface area contributed by atoms with Crippen molar-refractivity contribution < 1.29 is 9.53 Å². The highest BCUT2D eigenvalue weighted by atomic mass is 35.5. The van der Waals surface area contributed by atoms with E-state index in [0.717, 1.165) is 11.1 Å². The van der Waals surface area contributed by atoms with Crippen LogP contribution in [0.15, 0.2) is 64.7 Å². The molecule has 0 bridgehead atoms. The number of fused-ring (bicyclic) bond motifs is 2. The van der Waals surface area contributed by atoms with Gasteiger partial charge in [0.15, 0.2) is 5.65 Å². The number of hydrogen-bond acceptors (Lipinski definition) is 6. The first-order valence-electron chi connectivity index (χ1n) is 10.3. The fourth-order valence-corrected chi connectivity index (χ4v) is 4.69. The molecule has 1 amide bonds. The van der Waals surface area contributed by atoms with E-state index in [1.165, 1.54) is 20.8 Å². The number of aryl methyl sites for hydroxylation is 1. The van der Waals surface area contributed by atoms with Gasteiger partial charge in [-0.1, -0.05) is 41.6 Å². The van der Waals surface area contributed by atoms with E-state index in [0.29, 0.717) is 46.0 Å². The second-order valence-corrected chi connectivity index (χ2v) is 9.05. The van der Waals surface area contributed by atoms with Crippen molar-refractivity contribution in [1.82, 2.24) is 19.2 Å². The minimum atomic E-state index is -0.383. The molecular formula is C23H20ClN5O3S. The molecule has 1 aliphatic rings. The quantitative estimate of drug-likeness (QED) is 0.405. The normalized spacial score (nSPS) is 13.1. The molecule has 2 aromatic heterocycles. The molecule has 0 saturated heterocycles. The molecule has 0 N–H and O–H groups in total. The summed E-state index contributed by atoms with van der Waals surface area (Å²) in [6, 6.07) is 13.3. The SMILES string of the molecule is Cc1ccc2c(c1)N(C(=O)Cn1nc3c(SCc4ccc(Cl)cc4)nccn3c1=O)CCO2. The Kier molecular flexibility index (Phi) is 5.82. The number of anilines is 1. The minimum Gasteiger partial charge on any atom is -0.490 e. The standard InChI is InChI=1S/C23H20ClN5O3S/c1-15-2-7-19-18(12-15)27(10-11-32-19)20(30)13-29-23(31)28-9-8-25-22(21(28)26-29)33-14-16-3-5-17(24)6-4-16/h2-9,12H,10-11,13-14H2,1H3. The van der Waals surface area contributed by atoms with E-state index >= 15 is 0 Å². The van der Waals surface area contributed by atoms with E-state index in [1.807, 2.05) is 49.4 Å². The Labute approximate surface area is 198 Å². The van der Waals surface area contributed by atoms with E-state index in [2.05, 4.69) is 10.1 Å². The molecule has 4 aromatic rings. The Morgan fingerprint density at radius 1 is 1.21 bits per heavy atom. The van der Waals surface area contributed by atoms with Gasteiger partial charge in [0.05, 0.1) is 12.2 Å². The molecule has 0 aliphatic carbocycles. The first kappa shape index (κ1) is 21.5. The van der Waals surface area contributed by atoms with Crippen LogP contribution in [0.4, 0.5) is 5.69 Å². The number of halogens is 1. The summed E-state index contributed by atoms with van der Waals surface area (Å²) in [5.41, 5.74) is 2.85. The monoisotopic (exact) mass is 481 g/mol. The van der Waals surface area contributed by atoms with Gasteiger partial charge >= 0.3 is 5.69 Å². The molecule has 0 spiro atoms. The minimum absolute atomic E-state index is 0.171. The zero-order valence-corrected chi connectivity index (χ0v) is 19.3. The van der Waals surface area contributed by atoms with Crippen LogP contribution in [0.3, 0.4) is 0 Å². The third-order valence-electron chi connectivity index (χ3n) is 5.32. The van der Waals surface area contributed by atoms with Gasteiger partial charge < -0.3 is 9.64 Å². The lowest BCUT2D eigenvalue weighted by molar-refractivity contribution is -0.119. The van der Waals surface area contributed by atoms with Gasteiger partial charge in [0.1, 0.15) is 23.9 Å². The smallest absolute Gasteiger partial charge is 0.350 e. The van der Waals surface area contributed by atoms with Crippen LogP contribution in [0.25, 0.3) is 5.65 Å². The van der Waals surface area contributed by atoms with Crippen LogP contribution in [0.5, 0.6) is 5.75 Å². The first-order valence-corrected chi connectivity index (χ1v) is 11.7. The fourth-order valence-electron chi connectivity index (χ4n) is 3.66. The zero-order chi connectivity index (χ0) is 22.9. The van der Waals surface area contributed by atoms with Crippen molar-refractivity contribution in [1.29, 1.82) is 0 Å². The number of thioether (sulfide) groups is 1. The summed E-state index contributed by atoms with van der Waals surface area (Å²) in [5.74, 6) is 1.08. The van der Waals surface area contributed by atoms with Crippen LogP contribution in [-0.2, 0) is 17.1 Å². The first-order chi connectivity index (χ1) is 16.0. The van der Waals surface area contributed by atoms with E-state index in [-0.39, 0.29) is 18.1 Å². The van der Waals surface area contributed by atoms with Crippen molar-refractivity contribution in [2.75, 3.05) is 18.1 Å². The van der Waals surface area contributed by atoms with Crippen LogP contribution < -0.4 is 15.3 Å². The van der Waals surface area contributed by atoms with E-state index in [9.17, 15) is 9.59 Å². The molecular weight excluding hydrogens is 462 g/mol. The lowest BCUT2D eigenvalue weighted by Crippen LogP contribution is -2.41. The second kappa shape index (κ2) is 8.92. The average molecular weight is 482 g/mol. The van der Waals surface area contributed by atoms with Gasteiger partial charge in [-0.3, -0.25) is 4.79 Å². The van der Waals surface area contributed by atoms with Crippen molar-refractivity contribution in [2.45, 2.75) is 24.2 Å². The maximum Gasteiger partial charge on any atom is 0.350 e. The van der Waals surface area contributed by atoms with Crippen LogP contribution in [0.1, 0.15) is 11.1 Å². The summed E-state index contributed by atoms with van der Waals surface area (Å²) in [4.78, 5) is 32.1. The molecule has 1 aliphatic heterocycles. The molecule has 33 heavy (non-hydrogen) atoms. The van der Waals surface area contributed by atoms with Crippen molar-refractivity contribution >= 4 is 40.6 Å². The third-order valence-corrected chi connectivity index (χ3v) is 6.61. The number of benzene rings is 2. The molecule has 2 aromatic carbocycles. The van der Waals surface area contributed by atoms with Gasteiger partial charge in [-0.05, 0) is 42.3 Å². The van der Waals surface area contributed by atoms with Crippen LogP contribution in [0.2, 0.25) is 5.02 Å². The molecule has 0 atom stereocenters. The molecule has 168 valence electrons. The second-order valence-electron chi connectivity index (χ2n) is 7.65. The molecule has 0 unspecified atom stereocenters. The molecule has 8 nitrogen and oxygen atoms in total. The summed E-state index contributed by atoms with van der Waals surface area (Å²) < 4.78 is 8.28. The number of aromatic nitrogens is 4. The highest BCUT2D eigenvalue weighted by Gasteiger charge is 2.25. The van der Waals surface area contributed by atoms with Crippen molar-refractivity contribution in [3.05, 3.63) is 81.5 Å². The van der Waals surface area contributed by atoms with Crippen LogP contribution >= 0.6 is 23.4 Å². The van der Waals surface area contributed by atoms with Gasteiger partial charge in [-0.15, -0.1) is 5.10 Å². The van der Waals surface area contributed by atoms with Crippen LogP contribution in [-0.4, -0.2) is 38.2 Å². The largest absolute Gasteiger partial charge is 0.490 e. The van der Waals surface area contributed by atoms with Gasteiger partial charge in [0, 0.05) is 23.2 Å². The van der Waals surface area contributed by atoms with E-state index in [1.54, 1.807) is 17.3 Å². The molecule has 0 radical (unpaired) electrons. The van der Waals surface area contributed by atoms with Crippen molar-refractivity contribution in [3.63, 3.8) is 0 Å². The van der Waals surface area contributed by atoms with E-state index in [4.69, 9.17) is 16.3 Å². The number of carbonyl (C=O) groups excluding carboxylic acids is 1. The molecule has 0 fully saturated rings. The molecule has 5 rings (SSSR count). The molecule has 10 heteroatoms. The third kappa shape index (κ3) is 4.34. The molecule has 0 saturated carbocycles. The number of rotatable bonds is 5.